The van der Waals surface area contributed by atoms with Gasteiger partial charge in [-0.1, -0.05) is 59.8 Å². The van der Waals surface area contributed by atoms with Crippen molar-refractivity contribution in [3.63, 3.8) is 0 Å². The van der Waals surface area contributed by atoms with Crippen molar-refractivity contribution in [2.24, 2.45) is 11.1 Å². The highest BCUT2D eigenvalue weighted by Crippen LogP contribution is 2.41. The molecule has 0 radical (unpaired) electrons. The van der Waals surface area contributed by atoms with Crippen molar-refractivity contribution in [1.29, 1.82) is 5.26 Å². The fourth-order valence-corrected chi connectivity index (χ4v) is 3.20. The van der Waals surface area contributed by atoms with Crippen molar-refractivity contribution in [2.75, 3.05) is 0 Å². The number of rotatable bonds is 5. The van der Waals surface area contributed by atoms with Gasteiger partial charge in [0.1, 0.15) is 0 Å². The zero-order chi connectivity index (χ0) is 18.8. The van der Waals surface area contributed by atoms with Gasteiger partial charge in [0.05, 0.1) is 6.07 Å². The third kappa shape index (κ3) is 3.00. The first-order chi connectivity index (χ1) is 13.2. The highest BCUT2D eigenvalue weighted by molar-refractivity contribution is 6.51. The zero-order valence-electron chi connectivity index (χ0n) is 14.3. The summed E-state index contributed by atoms with van der Waals surface area (Å²) in [6.45, 7) is 0.241. The topological polar surface area (TPSA) is 91.6 Å². The summed E-state index contributed by atoms with van der Waals surface area (Å²) in [6.07, 6.45) is 1.37. The minimum absolute atomic E-state index is 0.0395. The molecular weight excluding hydrogens is 342 g/mol. The van der Waals surface area contributed by atoms with Gasteiger partial charge in [0.25, 0.3) is 0 Å². The molecule has 2 aromatic rings. The summed E-state index contributed by atoms with van der Waals surface area (Å²) in [4.78, 5) is 30.6. The third-order valence-electron chi connectivity index (χ3n) is 4.59. The van der Waals surface area contributed by atoms with E-state index in [4.69, 9.17) is 4.84 Å². The minimum atomic E-state index is -1.47. The Labute approximate surface area is 155 Å². The second-order valence-corrected chi connectivity index (χ2v) is 6.28. The van der Waals surface area contributed by atoms with Crippen LogP contribution in [0.5, 0.6) is 0 Å². The lowest BCUT2D eigenvalue weighted by Gasteiger charge is -2.10. The highest BCUT2D eigenvalue weighted by atomic mass is 16.6. The quantitative estimate of drug-likeness (QED) is 0.833. The lowest BCUT2D eigenvalue weighted by molar-refractivity contribution is -0.128. The average Bonchev–Trinajstić information content (AvgIpc) is 3.27. The van der Waals surface area contributed by atoms with Crippen LogP contribution >= 0.6 is 0 Å². The van der Waals surface area contributed by atoms with Crippen molar-refractivity contribution in [1.82, 2.24) is 5.32 Å². The van der Waals surface area contributed by atoms with Gasteiger partial charge in [0.2, 0.25) is 11.7 Å². The fourth-order valence-electron chi connectivity index (χ4n) is 3.20. The molecular formula is C21H15N3O3. The molecule has 1 heterocycles. The van der Waals surface area contributed by atoms with Gasteiger partial charge in [0.15, 0.2) is 17.7 Å². The Morgan fingerprint density at radius 2 is 1.89 bits per heavy atom. The first kappa shape index (κ1) is 16.7. The molecule has 1 amide bonds. The van der Waals surface area contributed by atoms with Crippen LogP contribution in [0.3, 0.4) is 0 Å². The summed E-state index contributed by atoms with van der Waals surface area (Å²) >= 11 is 0. The number of carbonyl (C=O) groups excluding carboxylic acids is 2. The van der Waals surface area contributed by atoms with Gasteiger partial charge < -0.3 is 10.2 Å². The Hall–Kier alpha value is -3.72. The van der Waals surface area contributed by atoms with Gasteiger partial charge in [-0.25, -0.2) is 0 Å². The molecule has 1 N–H and O–H groups in total. The third-order valence-corrected chi connectivity index (χ3v) is 4.59. The maximum absolute atomic E-state index is 12.8. The Morgan fingerprint density at radius 3 is 2.67 bits per heavy atom. The van der Waals surface area contributed by atoms with E-state index < -0.39 is 23.7 Å². The molecule has 0 bridgehead atoms. The number of nitriles is 1. The van der Waals surface area contributed by atoms with Crippen LogP contribution in [-0.2, 0) is 21.0 Å². The number of nitrogens with zero attached hydrogens (tertiary/aromatic N) is 2. The Bertz CT molecular complexity index is 1020. The summed E-state index contributed by atoms with van der Waals surface area (Å²) < 4.78 is 0. The van der Waals surface area contributed by atoms with E-state index in [2.05, 4.69) is 10.5 Å². The Kier molecular flexibility index (Phi) is 4.27. The van der Waals surface area contributed by atoms with Crippen molar-refractivity contribution < 1.29 is 14.4 Å². The van der Waals surface area contributed by atoms with E-state index in [1.807, 2.05) is 60.7 Å². The lowest BCUT2D eigenvalue weighted by Crippen LogP contribution is -2.37. The second kappa shape index (κ2) is 6.89. The minimum Gasteiger partial charge on any atom is -0.382 e. The first-order valence-corrected chi connectivity index (χ1v) is 8.49. The molecule has 0 aromatic heterocycles. The molecule has 1 aliphatic heterocycles. The van der Waals surface area contributed by atoms with E-state index in [1.165, 1.54) is 0 Å². The molecule has 0 saturated carbocycles. The number of carbonyl (C=O) groups is 2. The van der Waals surface area contributed by atoms with Crippen LogP contribution in [-0.4, -0.2) is 17.4 Å². The summed E-state index contributed by atoms with van der Waals surface area (Å²) in [6, 6.07) is 18.7. The predicted molar refractivity (Wildman–Crippen MR) is 98.1 cm³/mol. The van der Waals surface area contributed by atoms with E-state index in [0.29, 0.717) is 5.57 Å². The largest absolute Gasteiger partial charge is 0.382 e. The van der Waals surface area contributed by atoms with Crippen LogP contribution in [0.2, 0.25) is 0 Å². The number of oxime groups is 1. The molecule has 6 heteroatoms. The number of fused-ring (bicyclic) bond motifs is 3. The van der Waals surface area contributed by atoms with Crippen molar-refractivity contribution in [3.8, 4) is 6.07 Å². The zero-order valence-corrected chi connectivity index (χ0v) is 14.3. The lowest BCUT2D eigenvalue weighted by atomic mass is 9.94. The van der Waals surface area contributed by atoms with E-state index in [-0.39, 0.29) is 12.3 Å². The van der Waals surface area contributed by atoms with Crippen LogP contribution in [0.15, 0.2) is 65.3 Å². The van der Waals surface area contributed by atoms with Crippen LogP contribution in [0.4, 0.5) is 0 Å². The summed E-state index contributed by atoms with van der Waals surface area (Å²) in [5.41, 5.74) is 3.38. The standard InChI is InChI=1S/C21H15N3O3/c22-11-17(21(26)23-12-13-6-2-1-3-7-13)19(25)18-16-10-14-8-4-5-9-15(14)20(16)27-24-18/h1-10,17,20H,12H2,(H,23,26). The molecule has 0 saturated heterocycles. The van der Waals surface area contributed by atoms with Gasteiger partial charge >= 0.3 is 0 Å². The Balaban J connectivity index is 1.48. The molecule has 2 unspecified atom stereocenters. The molecule has 6 nitrogen and oxygen atoms in total. The van der Waals surface area contributed by atoms with E-state index >= 15 is 0 Å². The van der Waals surface area contributed by atoms with Gasteiger partial charge in [-0.2, -0.15) is 5.26 Å². The maximum Gasteiger partial charge on any atom is 0.245 e. The van der Waals surface area contributed by atoms with Crippen LogP contribution in [0.1, 0.15) is 22.8 Å². The van der Waals surface area contributed by atoms with Crippen LogP contribution in [0.25, 0.3) is 6.08 Å². The number of hydrogen-bond acceptors (Lipinski definition) is 5. The van der Waals surface area contributed by atoms with Gasteiger partial charge in [0, 0.05) is 17.7 Å². The second-order valence-electron chi connectivity index (χ2n) is 6.28. The van der Waals surface area contributed by atoms with Crippen molar-refractivity contribution >= 4 is 23.5 Å². The van der Waals surface area contributed by atoms with E-state index in [0.717, 1.165) is 16.7 Å². The molecule has 0 fully saturated rings. The average molecular weight is 357 g/mol. The smallest absolute Gasteiger partial charge is 0.245 e. The molecule has 132 valence electrons. The Morgan fingerprint density at radius 1 is 1.15 bits per heavy atom. The van der Waals surface area contributed by atoms with Gasteiger partial charge in [-0.15, -0.1) is 0 Å². The molecule has 2 atom stereocenters. The monoisotopic (exact) mass is 357 g/mol. The number of nitrogens with one attached hydrogen (secondary N) is 1. The summed E-state index contributed by atoms with van der Waals surface area (Å²) in [7, 11) is 0. The fraction of sp³-hybridized carbons (Fsp3) is 0.143. The summed E-state index contributed by atoms with van der Waals surface area (Å²) in [5, 5.41) is 15.9. The molecule has 2 aromatic carbocycles. The SMILES string of the molecule is N#CC(C(=O)NCc1ccccc1)C(=O)C1=NOC2C1=Cc1ccccc12. The first-order valence-electron chi connectivity index (χ1n) is 8.49. The number of Topliss-reactive ketones (excluding diaryl/α,β-unsaturated/α-hetero) is 1. The van der Waals surface area contributed by atoms with E-state index in [1.54, 1.807) is 6.07 Å². The van der Waals surface area contributed by atoms with E-state index in [9.17, 15) is 14.9 Å². The highest BCUT2D eigenvalue weighted by Gasteiger charge is 2.41. The number of ketones is 1. The molecule has 2 aliphatic rings. The molecule has 0 spiro atoms. The van der Waals surface area contributed by atoms with Crippen molar-refractivity contribution in [2.45, 2.75) is 12.6 Å². The number of amides is 1. The van der Waals surface area contributed by atoms with Gasteiger partial charge in [-0.3, -0.25) is 9.59 Å². The van der Waals surface area contributed by atoms with Gasteiger partial charge in [-0.05, 0) is 17.2 Å². The van der Waals surface area contributed by atoms with Crippen LogP contribution < -0.4 is 5.32 Å². The normalized spacial score (nSPS) is 17.5. The maximum atomic E-state index is 12.8. The van der Waals surface area contributed by atoms with Crippen LogP contribution in [0, 0.1) is 17.2 Å². The summed E-state index contributed by atoms with van der Waals surface area (Å²) in [5.74, 6) is -2.77. The molecule has 1 aliphatic carbocycles. The number of benzene rings is 2. The van der Waals surface area contributed by atoms with Crippen molar-refractivity contribution in [3.05, 3.63) is 76.9 Å². The predicted octanol–water partition coefficient (Wildman–Crippen LogP) is 2.54. The molecule has 4 rings (SSSR count). The number of hydrogen-bond donors (Lipinski definition) is 1. The molecule has 27 heavy (non-hydrogen) atoms.